The third-order valence-electron chi connectivity index (χ3n) is 5.91. The van der Waals surface area contributed by atoms with Crippen LogP contribution in [0.3, 0.4) is 0 Å². The lowest BCUT2D eigenvalue weighted by Gasteiger charge is -2.22. The van der Waals surface area contributed by atoms with Crippen LogP contribution >= 0.6 is 0 Å². The molecule has 1 aliphatic heterocycles. The summed E-state index contributed by atoms with van der Waals surface area (Å²) in [7, 11) is 1.89. The Morgan fingerprint density at radius 2 is 2.12 bits per heavy atom. The zero-order valence-electron chi connectivity index (χ0n) is 17.8. The molecule has 0 aliphatic carbocycles. The number of halogens is 1. The summed E-state index contributed by atoms with van der Waals surface area (Å²) in [6.07, 6.45) is 4.33. The second-order valence-electron chi connectivity index (χ2n) is 8.27. The zero-order valence-corrected chi connectivity index (χ0v) is 17.8. The van der Waals surface area contributed by atoms with Crippen LogP contribution in [0.15, 0.2) is 48.7 Å². The van der Waals surface area contributed by atoms with Crippen LogP contribution in [0.1, 0.15) is 18.4 Å². The summed E-state index contributed by atoms with van der Waals surface area (Å²) in [5, 5.41) is 26.2. The number of nitriles is 1. The zero-order chi connectivity index (χ0) is 22.1. The molecule has 32 heavy (non-hydrogen) atoms. The minimum Gasteiger partial charge on any atom is -0.368 e. The van der Waals surface area contributed by atoms with Crippen LogP contribution < -0.4 is 10.6 Å². The summed E-state index contributed by atoms with van der Waals surface area (Å²) >= 11 is 0. The second-order valence-corrected chi connectivity index (χ2v) is 8.27. The fourth-order valence-corrected chi connectivity index (χ4v) is 4.25. The van der Waals surface area contributed by atoms with Crippen LogP contribution in [0.2, 0.25) is 0 Å². The predicted octanol–water partition coefficient (Wildman–Crippen LogP) is 3.85. The van der Waals surface area contributed by atoms with E-state index in [1.807, 2.05) is 48.3 Å². The van der Waals surface area contributed by atoms with Crippen molar-refractivity contribution in [1.82, 2.24) is 24.9 Å². The van der Waals surface area contributed by atoms with Gasteiger partial charge < -0.3 is 10.6 Å². The number of aromatic nitrogens is 4. The first-order chi connectivity index (χ1) is 15.6. The fourth-order valence-electron chi connectivity index (χ4n) is 4.25. The molecule has 1 aliphatic rings. The first-order valence-corrected chi connectivity index (χ1v) is 10.8. The van der Waals surface area contributed by atoms with Gasteiger partial charge in [-0.15, -0.1) is 5.10 Å². The largest absolute Gasteiger partial charge is 0.368 e. The number of nitrogens with one attached hydrogen (secondary N) is 2. The first kappa shape index (κ1) is 20.2. The van der Waals surface area contributed by atoms with E-state index in [-0.39, 0.29) is 5.56 Å². The van der Waals surface area contributed by atoms with Gasteiger partial charge in [-0.25, -0.2) is 9.07 Å². The van der Waals surface area contributed by atoms with E-state index in [4.69, 9.17) is 10.4 Å². The summed E-state index contributed by atoms with van der Waals surface area (Å²) in [5.41, 5.74) is 3.20. The molecular weight excluding hydrogens is 405 g/mol. The van der Waals surface area contributed by atoms with Crippen molar-refractivity contribution in [3.05, 3.63) is 60.0 Å². The van der Waals surface area contributed by atoms with E-state index < -0.39 is 5.82 Å². The van der Waals surface area contributed by atoms with Crippen LogP contribution in [0, 0.1) is 23.1 Å². The molecule has 0 bridgehead atoms. The Hall–Kier alpha value is -3.70. The van der Waals surface area contributed by atoms with Gasteiger partial charge in [-0.05, 0) is 62.2 Å². The van der Waals surface area contributed by atoms with Crippen LogP contribution in [0.4, 0.5) is 10.2 Å². The Morgan fingerprint density at radius 1 is 1.22 bits per heavy atom. The van der Waals surface area contributed by atoms with Gasteiger partial charge in [-0.3, -0.25) is 4.68 Å². The Kier molecular flexibility index (Phi) is 5.33. The lowest BCUT2D eigenvalue weighted by molar-refractivity contribution is 0.392. The van der Waals surface area contributed by atoms with E-state index in [1.165, 1.54) is 25.0 Å². The molecule has 0 unspecified atom stereocenters. The van der Waals surface area contributed by atoms with Gasteiger partial charge in [0.1, 0.15) is 17.7 Å². The monoisotopic (exact) mass is 429 g/mol. The molecule has 2 aromatic carbocycles. The molecule has 1 saturated heterocycles. The molecule has 0 spiro atoms. The van der Waals surface area contributed by atoms with E-state index in [0.717, 1.165) is 47.7 Å². The van der Waals surface area contributed by atoms with Crippen LogP contribution in [0.25, 0.3) is 27.8 Å². The van der Waals surface area contributed by atoms with Gasteiger partial charge in [0.15, 0.2) is 0 Å². The van der Waals surface area contributed by atoms with E-state index >= 15 is 0 Å². The van der Waals surface area contributed by atoms with Crippen LogP contribution in [0.5, 0.6) is 0 Å². The third-order valence-corrected chi connectivity index (χ3v) is 5.91. The lowest BCUT2D eigenvalue weighted by atomic mass is 10.00. The Morgan fingerprint density at radius 3 is 2.91 bits per heavy atom. The van der Waals surface area contributed by atoms with Crippen molar-refractivity contribution in [2.75, 3.05) is 25.0 Å². The molecule has 162 valence electrons. The quantitative estimate of drug-likeness (QED) is 0.504. The summed E-state index contributed by atoms with van der Waals surface area (Å²) in [6.45, 7) is 2.91. The maximum atomic E-state index is 14.4. The number of aryl methyl sites for hydroxylation is 1. The number of hydrogen-bond donors (Lipinski definition) is 2. The molecule has 0 saturated carbocycles. The number of benzene rings is 2. The third kappa shape index (κ3) is 3.95. The first-order valence-electron chi connectivity index (χ1n) is 10.8. The van der Waals surface area contributed by atoms with Crippen molar-refractivity contribution < 1.29 is 4.39 Å². The van der Waals surface area contributed by atoms with Crippen molar-refractivity contribution >= 4 is 16.7 Å². The summed E-state index contributed by atoms with van der Waals surface area (Å²) < 4.78 is 18.0. The van der Waals surface area contributed by atoms with E-state index in [2.05, 4.69) is 15.7 Å². The van der Waals surface area contributed by atoms with Crippen molar-refractivity contribution in [2.24, 2.45) is 13.0 Å². The lowest BCUT2D eigenvalue weighted by Crippen LogP contribution is -2.33. The van der Waals surface area contributed by atoms with Gasteiger partial charge in [0.25, 0.3) is 0 Å². The Bertz CT molecular complexity index is 1310. The molecule has 2 N–H and O–H groups in total. The van der Waals surface area contributed by atoms with Crippen LogP contribution in [-0.2, 0) is 7.05 Å². The number of anilines is 1. The molecular formula is C24H24FN7. The average Bonchev–Trinajstić information content (AvgIpc) is 3.40. The van der Waals surface area contributed by atoms with Gasteiger partial charge in [-0.1, -0.05) is 6.07 Å². The van der Waals surface area contributed by atoms with Gasteiger partial charge in [0, 0.05) is 36.8 Å². The molecule has 4 aromatic rings. The van der Waals surface area contributed by atoms with Crippen molar-refractivity contribution in [3.63, 3.8) is 0 Å². The molecule has 3 heterocycles. The number of hydrogen-bond acceptors (Lipinski definition) is 5. The second kappa shape index (κ2) is 8.44. The van der Waals surface area contributed by atoms with Gasteiger partial charge in [0.2, 0.25) is 0 Å². The number of fused-ring (bicyclic) bond motifs is 1. The highest BCUT2D eigenvalue weighted by Gasteiger charge is 2.17. The minimum absolute atomic E-state index is 0.0275. The number of piperidine rings is 1. The maximum absolute atomic E-state index is 14.4. The maximum Gasteiger partial charge on any atom is 0.149 e. The van der Waals surface area contributed by atoms with Gasteiger partial charge >= 0.3 is 0 Å². The van der Waals surface area contributed by atoms with Crippen molar-refractivity contribution in [3.8, 4) is 23.0 Å². The van der Waals surface area contributed by atoms with Gasteiger partial charge in [-0.2, -0.15) is 10.4 Å². The summed E-state index contributed by atoms with van der Waals surface area (Å²) in [5.74, 6) is 0.751. The molecule has 5 rings (SSSR count). The van der Waals surface area contributed by atoms with Crippen LogP contribution in [-0.4, -0.2) is 39.2 Å². The highest BCUT2D eigenvalue weighted by atomic mass is 19.1. The van der Waals surface area contributed by atoms with E-state index in [1.54, 1.807) is 10.7 Å². The topological polar surface area (TPSA) is 83.5 Å². The normalized spacial score (nSPS) is 16.2. The van der Waals surface area contributed by atoms with Crippen molar-refractivity contribution in [1.29, 1.82) is 5.26 Å². The SMILES string of the molecule is Cn1cc2cc(-n3nc(NC[C@H]4CCCNC4)cc3-c3ccc(C#N)c(F)c3)ccc2n1. The Labute approximate surface area is 185 Å². The molecule has 0 amide bonds. The Balaban J connectivity index is 1.54. The van der Waals surface area contributed by atoms with E-state index in [9.17, 15) is 4.39 Å². The minimum atomic E-state index is -0.539. The molecule has 8 heteroatoms. The molecule has 7 nitrogen and oxygen atoms in total. The molecule has 1 fully saturated rings. The number of rotatable bonds is 5. The molecule has 0 radical (unpaired) electrons. The number of nitrogens with zero attached hydrogens (tertiary/aromatic N) is 5. The highest BCUT2D eigenvalue weighted by molar-refractivity contribution is 5.81. The molecule has 1 atom stereocenters. The van der Waals surface area contributed by atoms with Gasteiger partial charge in [0.05, 0.1) is 22.5 Å². The van der Waals surface area contributed by atoms with Crippen molar-refractivity contribution in [2.45, 2.75) is 12.8 Å². The average molecular weight is 430 g/mol. The molecule has 2 aromatic heterocycles. The summed E-state index contributed by atoms with van der Waals surface area (Å²) in [4.78, 5) is 0. The van der Waals surface area contributed by atoms with E-state index in [0.29, 0.717) is 11.5 Å². The summed E-state index contributed by atoms with van der Waals surface area (Å²) in [6, 6.07) is 14.4. The standard InChI is InChI=1S/C24H24FN7/c1-31-15-19-9-20(6-7-22(19)29-31)32-23(17-4-5-18(12-26)21(25)10-17)11-24(30-32)28-14-16-3-2-8-27-13-16/h4-7,9-11,15-16,27H,2-3,8,13-14H2,1H3,(H,28,30)/t16-/m0/s1. The highest BCUT2D eigenvalue weighted by Crippen LogP contribution is 2.29. The fraction of sp³-hybridized carbons (Fsp3) is 0.292. The smallest absolute Gasteiger partial charge is 0.149 e. The predicted molar refractivity (Wildman–Crippen MR) is 122 cm³/mol.